The van der Waals surface area contributed by atoms with Gasteiger partial charge in [-0.25, -0.2) is 0 Å². The third-order valence-electron chi connectivity index (χ3n) is 3.98. The van der Waals surface area contributed by atoms with Crippen molar-refractivity contribution in [3.8, 4) is 11.3 Å². The standard InChI is InChI=1S/C16H19ClN4O2/c1-16(2,3)20-14-6-7-18-9-12(14)15(19-20)11-8-10(21(22)23)4-5-13(11)17/h4-5,8,18H,6-7,9H2,1-3H3. The lowest BCUT2D eigenvalue weighted by atomic mass is 10.0. The summed E-state index contributed by atoms with van der Waals surface area (Å²) in [6.07, 6.45) is 0.881. The van der Waals surface area contributed by atoms with E-state index >= 15 is 0 Å². The Morgan fingerprint density at radius 2 is 2.13 bits per heavy atom. The summed E-state index contributed by atoms with van der Waals surface area (Å²) in [6.45, 7) is 7.89. The molecule has 7 heteroatoms. The first-order chi connectivity index (χ1) is 10.8. The van der Waals surface area contributed by atoms with Crippen LogP contribution in [0, 0.1) is 10.1 Å². The lowest BCUT2D eigenvalue weighted by molar-refractivity contribution is -0.384. The molecule has 0 aliphatic carbocycles. The number of halogens is 1. The van der Waals surface area contributed by atoms with Gasteiger partial charge in [-0.2, -0.15) is 5.10 Å². The first-order valence-corrected chi connectivity index (χ1v) is 7.93. The highest BCUT2D eigenvalue weighted by molar-refractivity contribution is 6.33. The van der Waals surface area contributed by atoms with Crippen molar-refractivity contribution in [2.24, 2.45) is 0 Å². The van der Waals surface area contributed by atoms with Crippen molar-refractivity contribution in [1.29, 1.82) is 0 Å². The first-order valence-electron chi connectivity index (χ1n) is 7.55. The molecule has 1 aromatic carbocycles. The molecule has 2 aromatic rings. The van der Waals surface area contributed by atoms with Gasteiger partial charge in [-0.05, 0) is 26.8 Å². The van der Waals surface area contributed by atoms with Gasteiger partial charge in [-0.1, -0.05) is 11.6 Å². The van der Waals surface area contributed by atoms with E-state index in [-0.39, 0.29) is 11.2 Å². The van der Waals surface area contributed by atoms with E-state index in [0.29, 0.717) is 17.1 Å². The third-order valence-corrected chi connectivity index (χ3v) is 4.31. The number of nitro groups is 1. The average Bonchev–Trinajstić information content (AvgIpc) is 2.87. The van der Waals surface area contributed by atoms with E-state index in [1.165, 1.54) is 17.8 Å². The summed E-state index contributed by atoms with van der Waals surface area (Å²) in [5, 5.41) is 19.7. The number of hydrogen-bond donors (Lipinski definition) is 1. The van der Waals surface area contributed by atoms with Gasteiger partial charge in [0.2, 0.25) is 0 Å². The van der Waals surface area contributed by atoms with Crippen LogP contribution < -0.4 is 5.32 Å². The minimum atomic E-state index is -0.411. The highest BCUT2D eigenvalue weighted by Crippen LogP contribution is 2.36. The van der Waals surface area contributed by atoms with Crippen LogP contribution in [-0.4, -0.2) is 21.2 Å². The minimum Gasteiger partial charge on any atom is -0.312 e. The van der Waals surface area contributed by atoms with Gasteiger partial charge >= 0.3 is 0 Å². The lowest BCUT2D eigenvalue weighted by Gasteiger charge is -2.24. The second-order valence-electron chi connectivity index (χ2n) is 6.70. The van der Waals surface area contributed by atoms with E-state index in [9.17, 15) is 10.1 Å². The molecule has 0 saturated carbocycles. The van der Waals surface area contributed by atoms with Crippen molar-refractivity contribution in [3.05, 3.63) is 44.6 Å². The van der Waals surface area contributed by atoms with Crippen molar-refractivity contribution in [2.45, 2.75) is 39.3 Å². The summed E-state index contributed by atoms with van der Waals surface area (Å²) >= 11 is 6.31. The Morgan fingerprint density at radius 1 is 1.39 bits per heavy atom. The van der Waals surface area contributed by atoms with Crippen molar-refractivity contribution in [2.75, 3.05) is 6.54 Å². The van der Waals surface area contributed by atoms with Crippen molar-refractivity contribution < 1.29 is 4.92 Å². The van der Waals surface area contributed by atoms with Gasteiger partial charge in [0.25, 0.3) is 5.69 Å². The molecule has 122 valence electrons. The highest BCUT2D eigenvalue weighted by atomic mass is 35.5. The number of nitro benzene ring substituents is 1. The Kier molecular flexibility index (Phi) is 3.90. The van der Waals surface area contributed by atoms with E-state index in [1.54, 1.807) is 6.07 Å². The first kappa shape index (κ1) is 16.0. The number of non-ortho nitro benzene ring substituents is 1. The van der Waals surface area contributed by atoms with Crippen molar-refractivity contribution >= 4 is 17.3 Å². The van der Waals surface area contributed by atoms with Crippen LogP contribution >= 0.6 is 11.6 Å². The minimum absolute atomic E-state index is 0.0206. The van der Waals surface area contributed by atoms with Crippen molar-refractivity contribution in [3.63, 3.8) is 0 Å². The Hall–Kier alpha value is -1.92. The summed E-state index contributed by atoms with van der Waals surface area (Å²) in [4.78, 5) is 10.7. The average molecular weight is 335 g/mol. The molecule has 3 rings (SSSR count). The fraction of sp³-hybridized carbons (Fsp3) is 0.438. The molecule has 0 unspecified atom stereocenters. The van der Waals surface area contributed by atoms with E-state index in [4.69, 9.17) is 16.7 Å². The maximum absolute atomic E-state index is 11.1. The summed E-state index contributed by atoms with van der Waals surface area (Å²) in [7, 11) is 0. The Bertz CT molecular complexity index is 777. The van der Waals surface area contributed by atoms with Crippen LogP contribution in [0.4, 0.5) is 5.69 Å². The lowest BCUT2D eigenvalue weighted by Crippen LogP contribution is -2.30. The molecule has 23 heavy (non-hydrogen) atoms. The van der Waals surface area contributed by atoms with Gasteiger partial charge in [0.15, 0.2) is 0 Å². The van der Waals surface area contributed by atoms with Crippen LogP contribution in [0.25, 0.3) is 11.3 Å². The van der Waals surface area contributed by atoms with Gasteiger partial charge in [0.1, 0.15) is 0 Å². The smallest absolute Gasteiger partial charge is 0.270 e. The summed E-state index contributed by atoms with van der Waals surface area (Å²) < 4.78 is 2.02. The largest absolute Gasteiger partial charge is 0.312 e. The molecule has 0 bridgehead atoms. The van der Waals surface area contributed by atoms with E-state index in [1.807, 2.05) is 4.68 Å². The van der Waals surface area contributed by atoms with Gasteiger partial charge in [-0.15, -0.1) is 0 Å². The molecular formula is C16H19ClN4O2. The molecule has 0 fully saturated rings. The SMILES string of the molecule is CC(C)(C)n1nc(-c2cc([N+](=O)[O-])ccc2Cl)c2c1CCNC2. The Balaban J connectivity index is 2.23. The zero-order valence-corrected chi connectivity index (χ0v) is 14.1. The van der Waals surface area contributed by atoms with Gasteiger partial charge < -0.3 is 5.32 Å². The normalized spacial score (nSPS) is 14.6. The molecule has 1 aromatic heterocycles. The number of aromatic nitrogens is 2. The van der Waals surface area contributed by atoms with E-state index < -0.39 is 4.92 Å². The van der Waals surface area contributed by atoms with Crippen LogP contribution in [0.5, 0.6) is 0 Å². The van der Waals surface area contributed by atoms with Gasteiger partial charge in [0.05, 0.1) is 21.2 Å². The fourth-order valence-electron chi connectivity index (χ4n) is 2.93. The quantitative estimate of drug-likeness (QED) is 0.673. The summed E-state index contributed by atoms with van der Waals surface area (Å²) in [5.41, 5.74) is 3.46. The number of nitrogens with one attached hydrogen (secondary N) is 1. The predicted molar refractivity (Wildman–Crippen MR) is 89.7 cm³/mol. The summed E-state index contributed by atoms with van der Waals surface area (Å²) in [5.74, 6) is 0. The van der Waals surface area contributed by atoms with Crippen LogP contribution in [0.1, 0.15) is 32.0 Å². The number of benzene rings is 1. The van der Waals surface area contributed by atoms with Gasteiger partial charge in [-0.3, -0.25) is 14.8 Å². The topological polar surface area (TPSA) is 73.0 Å². The molecule has 0 atom stereocenters. The number of nitrogens with zero attached hydrogens (tertiary/aromatic N) is 3. The summed E-state index contributed by atoms with van der Waals surface area (Å²) in [6, 6.07) is 4.48. The van der Waals surface area contributed by atoms with Crippen LogP contribution in [0.2, 0.25) is 5.02 Å². The monoisotopic (exact) mass is 334 g/mol. The van der Waals surface area contributed by atoms with Crippen LogP contribution in [-0.2, 0) is 18.5 Å². The third kappa shape index (κ3) is 2.84. The number of hydrogen-bond acceptors (Lipinski definition) is 4. The Labute approximate surface area is 139 Å². The zero-order valence-electron chi connectivity index (χ0n) is 13.4. The highest BCUT2D eigenvalue weighted by Gasteiger charge is 2.28. The molecule has 0 radical (unpaired) electrons. The van der Waals surface area contributed by atoms with E-state index in [0.717, 1.165) is 24.2 Å². The van der Waals surface area contributed by atoms with Crippen LogP contribution in [0.15, 0.2) is 18.2 Å². The predicted octanol–water partition coefficient (Wildman–Crippen LogP) is 3.51. The molecule has 0 saturated heterocycles. The Morgan fingerprint density at radius 3 is 2.78 bits per heavy atom. The molecule has 1 N–H and O–H groups in total. The van der Waals surface area contributed by atoms with Crippen molar-refractivity contribution in [1.82, 2.24) is 15.1 Å². The molecule has 1 aliphatic rings. The van der Waals surface area contributed by atoms with E-state index in [2.05, 4.69) is 26.1 Å². The van der Waals surface area contributed by atoms with Gasteiger partial charge in [0, 0.05) is 48.5 Å². The molecule has 2 heterocycles. The molecule has 6 nitrogen and oxygen atoms in total. The molecule has 0 spiro atoms. The molecule has 0 amide bonds. The molecule has 1 aliphatic heterocycles. The van der Waals surface area contributed by atoms with Crippen LogP contribution in [0.3, 0.4) is 0 Å². The number of fused-ring (bicyclic) bond motifs is 1. The zero-order chi connectivity index (χ0) is 16.8. The molecular weight excluding hydrogens is 316 g/mol. The maximum Gasteiger partial charge on any atom is 0.270 e. The second-order valence-corrected chi connectivity index (χ2v) is 7.11. The maximum atomic E-state index is 11.1. The number of rotatable bonds is 2. The second kappa shape index (κ2) is 5.62. The fourth-order valence-corrected chi connectivity index (χ4v) is 3.13.